The Morgan fingerprint density at radius 1 is 0.773 bits per heavy atom. The third kappa shape index (κ3) is 3.73. The Morgan fingerprint density at radius 3 is 1.95 bits per heavy atom. The van der Waals surface area contributed by atoms with Crippen LogP contribution < -0.4 is 0 Å². The molecule has 114 valence electrons. The van der Waals surface area contributed by atoms with E-state index in [0.29, 0.717) is 11.1 Å². The average molecular weight is 298 g/mol. The highest BCUT2D eigenvalue weighted by Crippen LogP contribution is 2.26. The molecular formula is C18H18O4. The lowest BCUT2D eigenvalue weighted by atomic mass is 9.84. The summed E-state index contributed by atoms with van der Waals surface area (Å²) in [4.78, 5) is 33.2. The minimum atomic E-state index is -0.706. The van der Waals surface area contributed by atoms with E-state index in [0.717, 1.165) is 5.56 Å². The maximum atomic E-state index is 12.1. The molecule has 0 aliphatic heterocycles. The number of carbonyl (C=O) groups excluding carboxylic acids is 2. The van der Waals surface area contributed by atoms with E-state index in [1.807, 2.05) is 32.9 Å². The van der Waals surface area contributed by atoms with Gasteiger partial charge in [0, 0.05) is 0 Å². The summed E-state index contributed by atoms with van der Waals surface area (Å²) in [7, 11) is 0. The lowest BCUT2D eigenvalue weighted by Gasteiger charge is -2.21. The molecule has 0 saturated carbocycles. The molecule has 0 heterocycles. The number of hydrogen-bond acceptors (Lipinski definition) is 4. The van der Waals surface area contributed by atoms with E-state index in [1.165, 1.54) is 0 Å². The predicted octanol–water partition coefficient (Wildman–Crippen LogP) is 3.91. The van der Waals surface area contributed by atoms with Crippen LogP contribution in [0, 0.1) is 0 Å². The van der Waals surface area contributed by atoms with Crippen molar-refractivity contribution in [3.05, 3.63) is 71.3 Å². The van der Waals surface area contributed by atoms with Crippen molar-refractivity contribution in [2.75, 3.05) is 0 Å². The van der Waals surface area contributed by atoms with Gasteiger partial charge in [-0.3, -0.25) is 0 Å². The van der Waals surface area contributed by atoms with Crippen LogP contribution in [0.3, 0.4) is 0 Å². The summed E-state index contributed by atoms with van der Waals surface area (Å²) in [5, 5.41) is 0. The highest BCUT2D eigenvalue weighted by atomic mass is 17.2. The lowest BCUT2D eigenvalue weighted by molar-refractivity contribution is -0.187. The predicted molar refractivity (Wildman–Crippen MR) is 82.4 cm³/mol. The second-order valence-corrected chi connectivity index (χ2v) is 5.90. The summed E-state index contributed by atoms with van der Waals surface area (Å²) >= 11 is 0. The first-order valence-electron chi connectivity index (χ1n) is 6.97. The second kappa shape index (κ2) is 6.43. The third-order valence-corrected chi connectivity index (χ3v) is 3.16. The quantitative estimate of drug-likeness (QED) is 0.623. The molecule has 0 fully saturated rings. The minimum Gasteiger partial charge on any atom is -0.242 e. The van der Waals surface area contributed by atoms with E-state index in [2.05, 4.69) is 4.89 Å². The molecule has 0 aliphatic rings. The van der Waals surface area contributed by atoms with Gasteiger partial charge in [0.05, 0.1) is 11.1 Å². The molecule has 4 nitrogen and oxygen atoms in total. The van der Waals surface area contributed by atoms with Crippen LogP contribution in [0.15, 0.2) is 54.6 Å². The molecule has 2 aromatic carbocycles. The van der Waals surface area contributed by atoms with Crippen LogP contribution in [0.25, 0.3) is 0 Å². The molecule has 4 heteroatoms. The normalized spacial score (nSPS) is 10.9. The molecular weight excluding hydrogens is 280 g/mol. The second-order valence-electron chi connectivity index (χ2n) is 5.90. The third-order valence-electron chi connectivity index (χ3n) is 3.16. The van der Waals surface area contributed by atoms with Crippen LogP contribution in [0.5, 0.6) is 0 Å². The summed E-state index contributed by atoms with van der Waals surface area (Å²) in [6.45, 7) is 5.99. The highest BCUT2D eigenvalue weighted by Gasteiger charge is 2.23. The smallest absolute Gasteiger partial charge is 0.242 e. The van der Waals surface area contributed by atoms with Gasteiger partial charge in [-0.25, -0.2) is 19.4 Å². The van der Waals surface area contributed by atoms with E-state index < -0.39 is 11.9 Å². The molecule has 0 unspecified atom stereocenters. The minimum absolute atomic E-state index is 0.223. The van der Waals surface area contributed by atoms with Crippen molar-refractivity contribution in [3.8, 4) is 0 Å². The zero-order valence-electron chi connectivity index (χ0n) is 12.8. The van der Waals surface area contributed by atoms with Crippen molar-refractivity contribution in [1.82, 2.24) is 0 Å². The fourth-order valence-corrected chi connectivity index (χ4v) is 2.06. The van der Waals surface area contributed by atoms with Crippen molar-refractivity contribution in [3.63, 3.8) is 0 Å². The van der Waals surface area contributed by atoms with Crippen LogP contribution in [-0.4, -0.2) is 11.9 Å². The Bertz CT molecular complexity index is 669. The van der Waals surface area contributed by atoms with E-state index in [-0.39, 0.29) is 5.41 Å². The average Bonchev–Trinajstić information content (AvgIpc) is 2.52. The first kappa shape index (κ1) is 15.8. The molecule has 0 bridgehead atoms. The van der Waals surface area contributed by atoms with Gasteiger partial charge < -0.3 is 0 Å². The zero-order valence-corrected chi connectivity index (χ0v) is 12.8. The Kier molecular flexibility index (Phi) is 4.61. The zero-order chi connectivity index (χ0) is 16.2. The number of carbonyl (C=O) groups is 2. The number of benzene rings is 2. The van der Waals surface area contributed by atoms with Crippen molar-refractivity contribution in [2.24, 2.45) is 0 Å². The SMILES string of the molecule is CC(C)(C)c1ccccc1C(=O)OOC(=O)c1ccccc1. The molecule has 0 radical (unpaired) electrons. The summed E-state index contributed by atoms with van der Waals surface area (Å²) < 4.78 is 0. The maximum Gasteiger partial charge on any atom is 0.386 e. The fraction of sp³-hybridized carbons (Fsp3) is 0.222. The fourth-order valence-electron chi connectivity index (χ4n) is 2.06. The van der Waals surface area contributed by atoms with Crippen molar-refractivity contribution >= 4 is 11.9 Å². The highest BCUT2D eigenvalue weighted by molar-refractivity contribution is 5.93. The topological polar surface area (TPSA) is 52.6 Å². The molecule has 0 spiro atoms. The molecule has 0 aromatic heterocycles. The van der Waals surface area contributed by atoms with E-state index in [9.17, 15) is 9.59 Å². The Hall–Kier alpha value is -2.62. The molecule has 0 aliphatic carbocycles. The summed E-state index contributed by atoms with van der Waals surface area (Å²) in [6.07, 6.45) is 0. The van der Waals surface area contributed by atoms with Crippen molar-refractivity contribution in [1.29, 1.82) is 0 Å². The van der Waals surface area contributed by atoms with Crippen LogP contribution in [0.1, 0.15) is 47.1 Å². The lowest BCUT2D eigenvalue weighted by Crippen LogP contribution is -2.19. The van der Waals surface area contributed by atoms with Gasteiger partial charge in [-0.05, 0) is 29.2 Å². The van der Waals surface area contributed by atoms with Gasteiger partial charge >= 0.3 is 11.9 Å². The van der Waals surface area contributed by atoms with Gasteiger partial charge in [-0.15, -0.1) is 0 Å². The Balaban J connectivity index is 2.09. The van der Waals surface area contributed by atoms with Gasteiger partial charge in [0.1, 0.15) is 0 Å². The summed E-state index contributed by atoms with van der Waals surface area (Å²) in [5.41, 5.74) is 1.31. The van der Waals surface area contributed by atoms with E-state index in [1.54, 1.807) is 42.5 Å². The molecule has 0 N–H and O–H groups in total. The Morgan fingerprint density at radius 2 is 1.32 bits per heavy atom. The van der Waals surface area contributed by atoms with E-state index >= 15 is 0 Å². The number of rotatable bonds is 2. The maximum absolute atomic E-state index is 12.1. The first-order valence-corrected chi connectivity index (χ1v) is 6.97. The largest absolute Gasteiger partial charge is 0.386 e. The van der Waals surface area contributed by atoms with Crippen molar-refractivity contribution < 1.29 is 19.4 Å². The standard InChI is InChI=1S/C18H18O4/c1-18(2,3)15-12-8-7-11-14(15)17(20)22-21-16(19)13-9-5-4-6-10-13/h4-12H,1-3H3. The monoisotopic (exact) mass is 298 g/mol. The van der Waals surface area contributed by atoms with Gasteiger partial charge in [0.15, 0.2) is 0 Å². The Labute approximate surface area is 129 Å². The van der Waals surface area contributed by atoms with Crippen LogP contribution >= 0.6 is 0 Å². The molecule has 22 heavy (non-hydrogen) atoms. The van der Waals surface area contributed by atoms with Gasteiger partial charge in [0.25, 0.3) is 0 Å². The number of hydrogen-bond donors (Lipinski definition) is 0. The molecule has 2 rings (SSSR count). The van der Waals surface area contributed by atoms with Crippen LogP contribution in [0.4, 0.5) is 0 Å². The van der Waals surface area contributed by atoms with Crippen molar-refractivity contribution in [2.45, 2.75) is 26.2 Å². The first-order chi connectivity index (χ1) is 10.4. The summed E-state index contributed by atoms with van der Waals surface area (Å²) in [6, 6.07) is 15.5. The van der Waals surface area contributed by atoms with Gasteiger partial charge in [-0.2, -0.15) is 0 Å². The van der Waals surface area contributed by atoms with Gasteiger partial charge in [-0.1, -0.05) is 57.2 Å². The molecule has 0 amide bonds. The molecule has 0 saturated heterocycles. The van der Waals surface area contributed by atoms with Crippen LogP contribution in [-0.2, 0) is 15.2 Å². The molecule has 0 atom stereocenters. The summed E-state index contributed by atoms with van der Waals surface area (Å²) in [5.74, 6) is -1.39. The van der Waals surface area contributed by atoms with E-state index in [4.69, 9.17) is 4.89 Å². The molecule has 2 aromatic rings. The van der Waals surface area contributed by atoms with Crippen LogP contribution in [0.2, 0.25) is 0 Å². The van der Waals surface area contributed by atoms with Gasteiger partial charge in [0.2, 0.25) is 0 Å².